The zero-order valence-corrected chi connectivity index (χ0v) is 20.4. The lowest BCUT2D eigenvalue weighted by molar-refractivity contribution is 0.190. The van der Waals surface area contributed by atoms with Gasteiger partial charge in [0.15, 0.2) is 11.6 Å². The maximum atomic E-state index is 13.6. The van der Waals surface area contributed by atoms with E-state index < -0.39 is 10.0 Å². The zero-order valence-electron chi connectivity index (χ0n) is 19.6. The normalized spacial score (nSPS) is 15.3. The molecule has 180 valence electrons. The van der Waals surface area contributed by atoms with Crippen molar-refractivity contribution < 1.29 is 8.42 Å². The predicted octanol–water partition coefficient (Wildman–Crippen LogP) is 3.39. The molecule has 0 unspecified atom stereocenters. The molecule has 0 atom stereocenters. The Labute approximate surface area is 205 Å². The standard InChI is InChI=1S/C26H28N6O2S/c1-20-7-8-23(26-28-25(29-30-26)22-5-3-2-4-6-22)19-24(20)35(33,34)32-17-15-31(16-18-32)14-11-21-9-12-27-13-10-21/h2-10,12-13,19H,11,14-18H2,1H3,(H,28,29,30). The second-order valence-electron chi connectivity index (χ2n) is 8.72. The second kappa shape index (κ2) is 10.1. The van der Waals surface area contributed by atoms with Gasteiger partial charge in [0.25, 0.3) is 0 Å². The van der Waals surface area contributed by atoms with Crippen molar-refractivity contribution in [2.75, 3.05) is 32.7 Å². The summed E-state index contributed by atoms with van der Waals surface area (Å²) >= 11 is 0. The summed E-state index contributed by atoms with van der Waals surface area (Å²) in [7, 11) is -3.62. The Morgan fingerprint density at radius 2 is 1.54 bits per heavy atom. The first-order chi connectivity index (χ1) is 17.0. The molecule has 9 heteroatoms. The molecule has 1 aliphatic heterocycles. The van der Waals surface area contributed by atoms with Crippen molar-refractivity contribution in [3.8, 4) is 22.8 Å². The van der Waals surface area contributed by atoms with Gasteiger partial charge >= 0.3 is 0 Å². The summed E-state index contributed by atoms with van der Waals surface area (Å²) in [6.45, 7) is 5.11. The van der Waals surface area contributed by atoms with Gasteiger partial charge in [0.2, 0.25) is 10.0 Å². The SMILES string of the molecule is Cc1ccc(-c2nnc(-c3ccccc3)[nH]2)cc1S(=O)(=O)N1CCN(CCc2ccncc2)CC1. The lowest BCUT2D eigenvalue weighted by Crippen LogP contribution is -2.49. The molecule has 0 amide bonds. The summed E-state index contributed by atoms with van der Waals surface area (Å²) in [5, 5.41) is 8.50. The average Bonchev–Trinajstić information content (AvgIpc) is 3.39. The van der Waals surface area contributed by atoms with E-state index in [0.29, 0.717) is 48.3 Å². The van der Waals surface area contributed by atoms with Crippen LogP contribution in [0.5, 0.6) is 0 Å². The van der Waals surface area contributed by atoms with Crippen molar-refractivity contribution >= 4 is 10.0 Å². The predicted molar refractivity (Wildman–Crippen MR) is 135 cm³/mol. The number of H-pyrrole nitrogens is 1. The van der Waals surface area contributed by atoms with Crippen LogP contribution in [0.3, 0.4) is 0 Å². The number of hydrogen-bond donors (Lipinski definition) is 1. The molecule has 4 aromatic rings. The Hall–Kier alpha value is -3.40. The van der Waals surface area contributed by atoms with Crippen molar-refractivity contribution in [2.24, 2.45) is 0 Å². The molecule has 2 aromatic carbocycles. The molecule has 1 aliphatic rings. The van der Waals surface area contributed by atoms with Crippen LogP contribution in [0.1, 0.15) is 11.1 Å². The molecule has 3 heterocycles. The topological polar surface area (TPSA) is 95.1 Å². The van der Waals surface area contributed by atoms with Gasteiger partial charge in [-0.1, -0.05) is 42.5 Å². The Balaban J connectivity index is 1.29. The van der Waals surface area contributed by atoms with Crippen LogP contribution in [-0.4, -0.2) is 70.5 Å². The van der Waals surface area contributed by atoms with Gasteiger partial charge < -0.3 is 9.88 Å². The first-order valence-electron chi connectivity index (χ1n) is 11.7. The molecule has 8 nitrogen and oxygen atoms in total. The highest BCUT2D eigenvalue weighted by molar-refractivity contribution is 7.89. The van der Waals surface area contributed by atoms with Crippen LogP contribution < -0.4 is 0 Å². The van der Waals surface area contributed by atoms with Crippen LogP contribution in [0.2, 0.25) is 0 Å². The monoisotopic (exact) mass is 488 g/mol. The fourth-order valence-corrected chi connectivity index (χ4v) is 5.99. The van der Waals surface area contributed by atoms with Crippen LogP contribution in [-0.2, 0) is 16.4 Å². The molecule has 0 saturated carbocycles. The van der Waals surface area contributed by atoms with Crippen LogP contribution in [0.25, 0.3) is 22.8 Å². The molecule has 5 rings (SSSR count). The third-order valence-electron chi connectivity index (χ3n) is 6.41. The highest BCUT2D eigenvalue weighted by Crippen LogP contribution is 2.27. The number of nitrogens with one attached hydrogen (secondary N) is 1. The third-order valence-corrected chi connectivity index (χ3v) is 8.45. The maximum absolute atomic E-state index is 13.6. The first kappa shape index (κ1) is 23.3. The number of aryl methyl sites for hydroxylation is 1. The maximum Gasteiger partial charge on any atom is 0.243 e. The largest absolute Gasteiger partial charge is 0.321 e. The minimum atomic E-state index is -3.62. The Morgan fingerprint density at radius 3 is 2.26 bits per heavy atom. The van der Waals surface area contributed by atoms with Gasteiger partial charge in [0.05, 0.1) is 4.90 Å². The molecule has 1 fully saturated rings. The van der Waals surface area contributed by atoms with Crippen molar-refractivity contribution in [1.82, 2.24) is 29.4 Å². The highest BCUT2D eigenvalue weighted by Gasteiger charge is 2.30. The molecule has 0 aliphatic carbocycles. The molecule has 0 bridgehead atoms. The Bertz CT molecular complexity index is 1380. The van der Waals surface area contributed by atoms with Crippen molar-refractivity contribution in [2.45, 2.75) is 18.2 Å². The van der Waals surface area contributed by atoms with Gasteiger partial charge in [-0.3, -0.25) is 4.98 Å². The van der Waals surface area contributed by atoms with Gasteiger partial charge in [0.1, 0.15) is 0 Å². The number of aromatic nitrogens is 4. The molecular weight excluding hydrogens is 460 g/mol. The van der Waals surface area contributed by atoms with Gasteiger partial charge in [0, 0.05) is 56.2 Å². The van der Waals surface area contributed by atoms with Gasteiger partial charge in [-0.25, -0.2) is 8.42 Å². The van der Waals surface area contributed by atoms with E-state index in [1.165, 1.54) is 5.56 Å². The summed E-state index contributed by atoms with van der Waals surface area (Å²) in [6, 6.07) is 19.2. The van der Waals surface area contributed by atoms with E-state index in [1.807, 2.05) is 61.5 Å². The minimum absolute atomic E-state index is 0.317. The van der Waals surface area contributed by atoms with Gasteiger partial charge in [-0.15, -0.1) is 10.2 Å². The van der Waals surface area contributed by atoms with E-state index in [1.54, 1.807) is 22.8 Å². The fourth-order valence-electron chi connectivity index (χ4n) is 4.31. The molecule has 1 saturated heterocycles. The van der Waals surface area contributed by atoms with Crippen LogP contribution >= 0.6 is 0 Å². The second-order valence-corrected chi connectivity index (χ2v) is 10.6. The summed E-state index contributed by atoms with van der Waals surface area (Å²) in [5.74, 6) is 1.19. The number of nitrogens with zero attached hydrogens (tertiary/aromatic N) is 5. The number of sulfonamides is 1. The Morgan fingerprint density at radius 1 is 0.857 bits per heavy atom. The minimum Gasteiger partial charge on any atom is -0.321 e. The van der Waals surface area contributed by atoms with Gasteiger partial charge in [-0.05, 0) is 42.7 Å². The van der Waals surface area contributed by atoms with Gasteiger partial charge in [-0.2, -0.15) is 4.31 Å². The summed E-state index contributed by atoms with van der Waals surface area (Å²) in [5.41, 5.74) is 3.58. The summed E-state index contributed by atoms with van der Waals surface area (Å²) in [4.78, 5) is 9.90. The lowest BCUT2D eigenvalue weighted by atomic mass is 10.1. The number of hydrogen-bond acceptors (Lipinski definition) is 6. The smallest absolute Gasteiger partial charge is 0.243 e. The first-order valence-corrected chi connectivity index (χ1v) is 13.2. The molecule has 0 spiro atoms. The summed E-state index contributed by atoms with van der Waals surface area (Å²) < 4.78 is 28.7. The van der Waals surface area contributed by atoms with Crippen molar-refractivity contribution in [3.63, 3.8) is 0 Å². The van der Waals surface area contributed by atoms with E-state index in [9.17, 15) is 8.42 Å². The quantitative estimate of drug-likeness (QED) is 0.429. The fraction of sp³-hybridized carbons (Fsp3) is 0.269. The molecular formula is C26H28N6O2S. The molecule has 2 aromatic heterocycles. The number of pyridine rings is 1. The molecule has 1 N–H and O–H groups in total. The zero-order chi connectivity index (χ0) is 24.3. The van der Waals surface area contributed by atoms with E-state index in [-0.39, 0.29) is 0 Å². The van der Waals surface area contributed by atoms with Crippen LogP contribution in [0, 0.1) is 6.92 Å². The lowest BCUT2D eigenvalue weighted by Gasteiger charge is -2.34. The average molecular weight is 489 g/mol. The van der Waals surface area contributed by atoms with Crippen molar-refractivity contribution in [3.05, 3.63) is 84.2 Å². The molecule has 0 radical (unpaired) electrons. The van der Waals surface area contributed by atoms with E-state index in [4.69, 9.17) is 0 Å². The number of aromatic amines is 1. The van der Waals surface area contributed by atoms with Crippen LogP contribution in [0.4, 0.5) is 0 Å². The van der Waals surface area contributed by atoms with Crippen LogP contribution in [0.15, 0.2) is 78.0 Å². The van der Waals surface area contributed by atoms with Crippen molar-refractivity contribution in [1.29, 1.82) is 0 Å². The molecule has 35 heavy (non-hydrogen) atoms. The van der Waals surface area contributed by atoms with E-state index in [2.05, 4.69) is 25.1 Å². The highest BCUT2D eigenvalue weighted by atomic mass is 32.2. The third kappa shape index (κ3) is 5.17. The number of piperazine rings is 1. The Kier molecular flexibility index (Phi) is 6.72. The van der Waals surface area contributed by atoms with E-state index >= 15 is 0 Å². The summed E-state index contributed by atoms with van der Waals surface area (Å²) in [6.07, 6.45) is 4.54. The number of benzene rings is 2. The number of rotatable bonds is 7. The van der Waals surface area contributed by atoms with E-state index in [0.717, 1.165) is 24.1 Å².